The molecule has 1 heterocycles. The molecule has 0 amide bonds. The highest BCUT2D eigenvalue weighted by Crippen LogP contribution is 2.34. The number of ether oxygens (including phenoxy) is 2. The van der Waals surface area contributed by atoms with E-state index in [2.05, 4.69) is 35.9 Å². The molecule has 22 heavy (non-hydrogen) atoms. The molecule has 0 aliphatic carbocycles. The van der Waals surface area contributed by atoms with Crippen molar-refractivity contribution >= 4 is 0 Å². The van der Waals surface area contributed by atoms with Crippen LogP contribution in [0.5, 0.6) is 11.5 Å². The summed E-state index contributed by atoms with van der Waals surface area (Å²) in [6, 6.07) is 6.64. The summed E-state index contributed by atoms with van der Waals surface area (Å²) in [5.41, 5.74) is 2.47. The van der Waals surface area contributed by atoms with E-state index in [4.69, 9.17) is 9.47 Å². The van der Waals surface area contributed by atoms with Gasteiger partial charge in [-0.3, -0.25) is 4.90 Å². The van der Waals surface area contributed by atoms with Crippen LogP contribution < -0.4 is 14.8 Å². The normalized spacial score (nSPS) is 17.0. The number of nitrogens with one attached hydrogen (secondary N) is 1. The molecule has 4 heteroatoms. The second-order valence-corrected chi connectivity index (χ2v) is 5.81. The summed E-state index contributed by atoms with van der Waals surface area (Å²) in [4.78, 5) is 2.53. The highest BCUT2D eigenvalue weighted by Gasteiger charge is 2.23. The van der Waals surface area contributed by atoms with Gasteiger partial charge >= 0.3 is 0 Å². The van der Waals surface area contributed by atoms with E-state index in [9.17, 15) is 0 Å². The fourth-order valence-corrected chi connectivity index (χ4v) is 2.95. The third-order valence-electron chi connectivity index (χ3n) is 4.01. The summed E-state index contributed by atoms with van der Waals surface area (Å²) in [6.45, 7) is 13.0. The van der Waals surface area contributed by atoms with Crippen molar-refractivity contribution in [1.29, 1.82) is 0 Å². The van der Waals surface area contributed by atoms with Crippen LogP contribution >= 0.6 is 0 Å². The third kappa shape index (κ3) is 4.24. The molecule has 1 atom stereocenters. The monoisotopic (exact) mass is 304 g/mol. The number of hydrogen-bond donors (Lipinski definition) is 1. The van der Waals surface area contributed by atoms with E-state index in [1.807, 2.05) is 13.0 Å². The summed E-state index contributed by atoms with van der Waals surface area (Å²) >= 11 is 0. The van der Waals surface area contributed by atoms with E-state index in [1.165, 1.54) is 11.1 Å². The molecule has 122 valence electrons. The van der Waals surface area contributed by atoms with E-state index in [-0.39, 0.29) is 0 Å². The Labute approximate surface area is 134 Å². The van der Waals surface area contributed by atoms with Crippen molar-refractivity contribution in [2.45, 2.75) is 26.3 Å². The molecule has 0 radical (unpaired) electrons. The molecule has 1 aromatic carbocycles. The molecule has 1 aliphatic heterocycles. The van der Waals surface area contributed by atoms with Crippen LogP contribution in [0.15, 0.2) is 30.4 Å². The molecule has 1 aromatic rings. The number of methoxy groups -OCH3 is 1. The standard InChI is InChI=1S/C18H28N2O2/c1-5-22-17-7-6-15(13-18(17)21-4)16(12-14(2)3)20-10-8-19-9-11-20/h6-7,13,16,19H,2,5,8-12H2,1,3-4H3/t16-/m0/s1. The number of hydrogen-bond acceptors (Lipinski definition) is 4. The number of piperazine rings is 1. The molecule has 1 N–H and O–H groups in total. The molecule has 0 aromatic heterocycles. The summed E-state index contributed by atoms with van der Waals surface area (Å²) in [6.07, 6.45) is 0.969. The van der Waals surface area contributed by atoms with E-state index >= 15 is 0 Å². The average Bonchev–Trinajstić information content (AvgIpc) is 2.54. The van der Waals surface area contributed by atoms with Crippen molar-refractivity contribution in [3.8, 4) is 11.5 Å². The van der Waals surface area contributed by atoms with Gasteiger partial charge in [0.25, 0.3) is 0 Å². The first-order chi connectivity index (χ1) is 10.7. The number of benzene rings is 1. The zero-order valence-corrected chi connectivity index (χ0v) is 14.0. The second kappa shape index (κ2) is 8.20. The zero-order chi connectivity index (χ0) is 15.9. The van der Waals surface area contributed by atoms with Gasteiger partial charge in [0.15, 0.2) is 11.5 Å². The van der Waals surface area contributed by atoms with Crippen LogP contribution in [0.2, 0.25) is 0 Å². The van der Waals surface area contributed by atoms with Crippen LogP contribution in [0.25, 0.3) is 0 Å². The fraction of sp³-hybridized carbons (Fsp3) is 0.556. The maximum atomic E-state index is 5.62. The van der Waals surface area contributed by atoms with Crippen LogP contribution in [0.3, 0.4) is 0 Å². The van der Waals surface area contributed by atoms with Gasteiger partial charge in [0.1, 0.15) is 0 Å². The summed E-state index contributed by atoms with van der Waals surface area (Å²) < 4.78 is 11.1. The molecular formula is C18H28N2O2. The lowest BCUT2D eigenvalue weighted by Gasteiger charge is -2.35. The number of rotatable bonds is 7. The molecule has 0 unspecified atom stereocenters. The second-order valence-electron chi connectivity index (χ2n) is 5.81. The SMILES string of the molecule is C=C(C)C[C@@H](c1ccc(OCC)c(OC)c1)N1CCNCC1. The van der Waals surface area contributed by atoms with Crippen molar-refractivity contribution in [2.75, 3.05) is 39.9 Å². The topological polar surface area (TPSA) is 33.7 Å². The average molecular weight is 304 g/mol. The number of nitrogens with zero attached hydrogens (tertiary/aromatic N) is 1. The Kier molecular flexibility index (Phi) is 6.28. The Morgan fingerprint density at radius 2 is 2.05 bits per heavy atom. The van der Waals surface area contributed by atoms with Gasteiger partial charge in [-0.25, -0.2) is 0 Å². The smallest absolute Gasteiger partial charge is 0.161 e. The van der Waals surface area contributed by atoms with Gasteiger partial charge in [0.05, 0.1) is 13.7 Å². The van der Waals surface area contributed by atoms with Crippen LogP contribution in [-0.4, -0.2) is 44.8 Å². The molecule has 0 saturated carbocycles. The van der Waals surface area contributed by atoms with Gasteiger partial charge in [-0.1, -0.05) is 11.6 Å². The molecule has 0 spiro atoms. The summed E-state index contributed by atoms with van der Waals surface area (Å²) in [5.74, 6) is 1.62. The van der Waals surface area contributed by atoms with E-state index in [0.29, 0.717) is 12.6 Å². The molecule has 1 fully saturated rings. The zero-order valence-electron chi connectivity index (χ0n) is 14.0. The lowest BCUT2D eigenvalue weighted by molar-refractivity contribution is 0.172. The van der Waals surface area contributed by atoms with Crippen molar-refractivity contribution in [1.82, 2.24) is 10.2 Å². The molecule has 2 rings (SSSR count). The Morgan fingerprint density at radius 1 is 1.32 bits per heavy atom. The van der Waals surface area contributed by atoms with Crippen LogP contribution in [0.1, 0.15) is 31.9 Å². The third-order valence-corrected chi connectivity index (χ3v) is 4.01. The Bertz CT molecular complexity index is 496. The minimum absolute atomic E-state index is 0.351. The summed E-state index contributed by atoms with van der Waals surface area (Å²) in [7, 11) is 1.69. The Hall–Kier alpha value is -1.52. The van der Waals surface area contributed by atoms with Gasteiger partial charge in [-0.2, -0.15) is 0 Å². The first-order valence-corrected chi connectivity index (χ1v) is 8.05. The van der Waals surface area contributed by atoms with Gasteiger partial charge in [0.2, 0.25) is 0 Å². The predicted molar refractivity (Wildman–Crippen MR) is 90.8 cm³/mol. The largest absolute Gasteiger partial charge is 0.493 e. The minimum atomic E-state index is 0.351. The lowest BCUT2D eigenvalue weighted by atomic mass is 9.97. The molecule has 0 bridgehead atoms. The highest BCUT2D eigenvalue weighted by molar-refractivity contribution is 5.44. The maximum Gasteiger partial charge on any atom is 0.161 e. The molecule has 1 aliphatic rings. The first-order valence-electron chi connectivity index (χ1n) is 8.05. The summed E-state index contributed by atoms with van der Waals surface area (Å²) in [5, 5.41) is 3.41. The first kappa shape index (κ1) is 16.8. The quantitative estimate of drug-likeness (QED) is 0.785. The van der Waals surface area contributed by atoms with Crippen LogP contribution in [0.4, 0.5) is 0 Å². The molecule has 4 nitrogen and oxygen atoms in total. The van der Waals surface area contributed by atoms with Crippen molar-refractivity contribution < 1.29 is 9.47 Å². The van der Waals surface area contributed by atoms with E-state index in [0.717, 1.165) is 44.1 Å². The van der Waals surface area contributed by atoms with Crippen molar-refractivity contribution in [3.05, 3.63) is 35.9 Å². The van der Waals surface area contributed by atoms with Crippen molar-refractivity contribution in [3.63, 3.8) is 0 Å². The van der Waals surface area contributed by atoms with Gasteiger partial charge in [-0.15, -0.1) is 6.58 Å². The Morgan fingerprint density at radius 3 is 2.64 bits per heavy atom. The fourth-order valence-electron chi connectivity index (χ4n) is 2.95. The van der Waals surface area contributed by atoms with Gasteiger partial charge < -0.3 is 14.8 Å². The van der Waals surface area contributed by atoms with Crippen LogP contribution in [-0.2, 0) is 0 Å². The van der Waals surface area contributed by atoms with Crippen LogP contribution in [0, 0.1) is 0 Å². The minimum Gasteiger partial charge on any atom is -0.493 e. The molecular weight excluding hydrogens is 276 g/mol. The maximum absolute atomic E-state index is 5.62. The van der Waals surface area contributed by atoms with E-state index < -0.39 is 0 Å². The lowest BCUT2D eigenvalue weighted by Crippen LogP contribution is -2.45. The van der Waals surface area contributed by atoms with E-state index in [1.54, 1.807) is 7.11 Å². The van der Waals surface area contributed by atoms with Crippen molar-refractivity contribution in [2.24, 2.45) is 0 Å². The Balaban J connectivity index is 2.27. The molecule has 1 saturated heterocycles. The van der Waals surface area contributed by atoms with Gasteiger partial charge in [-0.05, 0) is 38.0 Å². The highest BCUT2D eigenvalue weighted by atomic mass is 16.5. The van der Waals surface area contributed by atoms with Gasteiger partial charge in [0, 0.05) is 32.2 Å². The predicted octanol–water partition coefficient (Wildman–Crippen LogP) is 3.01.